The number of hydrogen-bond acceptors (Lipinski definition) is 2. The van der Waals surface area contributed by atoms with Crippen molar-refractivity contribution >= 4 is 12.4 Å². The molecule has 0 aliphatic heterocycles. The Kier molecular flexibility index (Phi) is 5.61. The van der Waals surface area contributed by atoms with Crippen LogP contribution in [0.15, 0.2) is 24.3 Å². The molecule has 0 aliphatic carbocycles. The van der Waals surface area contributed by atoms with Gasteiger partial charge in [-0.25, -0.2) is 0 Å². The van der Waals surface area contributed by atoms with Crippen molar-refractivity contribution in [2.75, 3.05) is 0 Å². The van der Waals surface area contributed by atoms with Gasteiger partial charge in [-0.1, -0.05) is 19.1 Å². The molecule has 0 saturated carbocycles. The monoisotopic (exact) mass is 255 g/mol. The first-order valence-electron chi connectivity index (χ1n) is 4.53. The first kappa shape index (κ1) is 15.1. The van der Waals surface area contributed by atoms with Crippen molar-refractivity contribution in [3.05, 3.63) is 29.8 Å². The van der Waals surface area contributed by atoms with Gasteiger partial charge in [0.15, 0.2) is 0 Å². The highest BCUT2D eigenvalue weighted by Gasteiger charge is 2.31. The number of alkyl halides is 3. The van der Waals surface area contributed by atoms with Crippen LogP contribution in [0.4, 0.5) is 13.2 Å². The van der Waals surface area contributed by atoms with Crippen LogP contribution in [0.1, 0.15) is 24.9 Å². The fourth-order valence-electron chi connectivity index (χ4n) is 1.18. The molecule has 0 spiro atoms. The van der Waals surface area contributed by atoms with Crippen LogP contribution in [0.3, 0.4) is 0 Å². The molecule has 0 amide bonds. The van der Waals surface area contributed by atoms with Gasteiger partial charge in [-0.15, -0.1) is 25.6 Å². The van der Waals surface area contributed by atoms with Crippen molar-refractivity contribution in [2.24, 2.45) is 5.73 Å². The van der Waals surface area contributed by atoms with E-state index in [1.54, 1.807) is 6.07 Å². The van der Waals surface area contributed by atoms with Gasteiger partial charge in [-0.2, -0.15) is 0 Å². The zero-order valence-corrected chi connectivity index (χ0v) is 9.44. The molecule has 0 heterocycles. The molecule has 0 saturated heterocycles. The molecule has 1 atom stereocenters. The molecule has 0 bridgehead atoms. The van der Waals surface area contributed by atoms with Crippen LogP contribution in [-0.4, -0.2) is 6.36 Å². The highest BCUT2D eigenvalue weighted by atomic mass is 35.5. The number of nitrogens with two attached hydrogens (primary N) is 1. The molecule has 0 aromatic heterocycles. The van der Waals surface area contributed by atoms with E-state index in [0.29, 0.717) is 12.0 Å². The molecule has 0 radical (unpaired) electrons. The standard InChI is InChI=1S/C10H12F3NO.ClH/c1-2-9(14)7-4-3-5-8(6-7)15-10(11,12)13;/h3-6,9H,2,14H2,1H3;1H/t9-;/m1./s1. The maximum absolute atomic E-state index is 11.9. The third-order valence-corrected chi connectivity index (χ3v) is 1.96. The van der Waals surface area contributed by atoms with Crippen LogP contribution in [0.5, 0.6) is 5.75 Å². The van der Waals surface area contributed by atoms with E-state index in [-0.39, 0.29) is 24.2 Å². The third kappa shape index (κ3) is 4.72. The van der Waals surface area contributed by atoms with Gasteiger partial charge < -0.3 is 10.5 Å². The molecule has 2 nitrogen and oxygen atoms in total. The average Bonchev–Trinajstić information content (AvgIpc) is 2.14. The van der Waals surface area contributed by atoms with Crippen molar-refractivity contribution in [2.45, 2.75) is 25.7 Å². The maximum atomic E-state index is 11.9. The van der Waals surface area contributed by atoms with Crippen molar-refractivity contribution in [3.8, 4) is 5.75 Å². The predicted octanol–water partition coefficient (Wildman–Crippen LogP) is 3.42. The Bertz CT molecular complexity index is 330. The minimum Gasteiger partial charge on any atom is -0.406 e. The van der Waals surface area contributed by atoms with Gasteiger partial charge in [0, 0.05) is 6.04 Å². The summed E-state index contributed by atoms with van der Waals surface area (Å²) >= 11 is 0. The first-order valence-corrected chi connectivity index (χ1v) is 4.53. The van der Waals surface area contributed by atoms with E-state index in [4.69, 9.17) is 5.73 Å². The van der Waals surface area contributed by atoms with Gasteiger partial charge in [0.2, 0.25) is 0 Å². The van der Waals surface area contributed by atoms with Crippen LogP contribution in [0.2, 0.25) is 0 Å². The summed E-state index contributed by atoms with van der Waals surface area (Å²) in [5.41, 5.74) is 6.33. The topological polar surface area (TPSA) is 35.2 Å². The highest BCUT2D eigenvalue weighted by Crippen LogP contribution is 2.25. The van der Waals surface area contributed by atoms with Gasteiger partial charge in [0.25, 0.3) is 0 Å². The Morgan fingerprint density at radius 1 is 1.38 bits per heavy atom. The summed E-state index contributed by atoms with van der Waals surface area (Å²) < 4.78 is 39.5. The lowest BCUT2D eigenvalue weighted by Crippen LogP contribution is -2.17. The molecule has 0 fully saturated rings. The molecule has 1 rings (SSSR count). The Balaban J connectivity index is 0.00000225. The first-order chi connectivity index (χ1) is 6.92. The molecular formula is C10H13ClF3NO. The summed E-state index contributed by atoms with van der Waals surface area (Å²) in [6, 6.07) is 5.46. The van der Waals surface area contributed by atoms with Gasteiger partial charge in [0.05, 0.1) is 0 Å². The molecular weight excluding hydrogens is 243 g/mol. The van der Waals surface area contributed by atoms with Crippen molar-refractivity contribution in [1.29, 1.82) is 0 Å². The Hall–Kier alpha value is -0.940. The van der Waals surface area contributed by atoms with Crippen molar-refractivity contribution in [3.63, 3.8) is 0 Å². The second-order valence-electron chi connectivity index (χ2n) is 3.14. The maximum Gasteiger partial charge on any atom is 0.573 e. The Morgan fingerprint density at radius 2 is 2.00 bits per heavy atom. The van der Waals surface area contributed by atoms with Crippen molar-refractivity contribution < 1.29 is 17.9 Å². The molecule has 16 heavy (non-hydrogen) atoms. The molecule has 1 aromatic carbocycles. The molecule has 92 valence electrons. The Labute approximate surface area is 98.0 Å². The minimum absolute atomic E-state index is 0. The summed E-state index contributed by atoms with van der Waals surface area (Å²) in [5, 5.41) is 0. The lowest BCUT2D eigenvalue weighted by Gasteiger charge is -2.12. The van der Waals surface area contributed by atoms with Crippen LogP contribution >= 0.6 is 12.4 Å². The minimum atomic E-state index is -4.66. The Morgan fingerprint density at radius 3 is 2.50 bits per heavy atom. The van der Waals surface area contributed by atoms with Gasteiger partial charge in [0.1, 0.15) is 5.75 Å². The molecule has 0 aliphatic rings. The third-order valence-electron chi connectivity index (χ3n) is 1.96. The summed E-state index contributed by atoms with van der Waals surface area (Å²) in [6.45, 7) is 1.86. The highest BCUT2D eigenvalue weighted by molar-refractivity contribution is 5.85. The van der Waals surface area contributed by atoms with E-state index in [1.165, 1.54) is 18.2 Å². The van der Waals surface area contributed by atoms with E-state index in [2.05, 4.69) is 4.74 Å². The van der Waals surface area contributed by atoms with E-state index in [1.807, 2.05) is 6.92 Å². The molecule has 6 heteroatoms. The van der Waals surface area contributed by atoms with Crippen LogP contribution in [-0.2, 0) is 0 Å². The SMILES string of the molecule is CC[C@@H](N)c1cccc(OC(F)(F)F)c1.Cl. The van der Waals surface area contributed by atoms with E-state index >= 15 is 0 Å². The van der Waals surface area contributed by atoms with E-state index in [0.717, 1.165) is 0 Å². The normalized spacial score (nSPS) is 12.8. The second kappa shape index (κ2) is 5.96. The number of halogens is 4. The summed E-state index contributed by atoms with van der Waals surface area (Å²) in [7, 11) is 0. The van der Waals surface area contributed by atoms with Crippen LogP contribution in [0, 0.1) is 0 Å². The number of hydrogen-bond donors (Lipinski definition) is 1. The number of rotatable bonds is 3. The smallest absolute Gasteiger partial charge is 0.406 e. The zero-order chi connectivity index (χ0) is 11.5. The quantitative estimate of drug-likeness (QED) is 0.898. The summed E-state index contributed by atoms with van der Waals surface area (Å²) in [4.78, 5) is 0. The second-order valence-corrected chi connectivity index (χ2v) is 3.14. The van der Waals surface area contributed by atoms with E-state index in [9.17, 15) is 13.2 Å². The summed E-state index contributed by atoms with van der Waals surface area (Å²) in [6.07, 6.45) is -4.00. The molecule has 0 unspecified atom stereocenters. The fraction of sp³-hybridized carbons (Fsp3) is 0.400. The lowest BCUT2D eigenvalue weighted by atomic mass is 10.1. The fourth-order valence-corrected chi connectivity index (χ4v) is 1.18. The van der Waals surface area contributed by atoms with Gasteiger partial charge in [-0.3, -0.25) is 0 Å². The number of benzene rings is 1. The number of ether oxygens (including phenoxy) is 1. The average molecular weight is 256 g/mol. The van der Waals surface area contributed by atoms with E-state index < -0.39 is 6.36 Å². The summed E-state index contributed by atoms with van der Waals surface area (Å²) in [5.74, 6) is -0.232. The zero-order valence-electron chi connectivity index (χ0n) is 8.62. The largest absolute Gasteiger partial charge is 0.573 e. The van der Waals surface area contributed by atoms with Gasteiger partial charge >= 0.3 is 6.36 Å². The predicted molar refractivity (Wildman–Crippen MR) is 57.6 cm³/mol. The van der Waals surface area contributed by atoms with Crippen LogP contribution < -0.4 is 10.5 Å². The molecule has 1 aromatic rings. The lowest BCUT2D eigenvalue weighted by molar-refractivity contribution is -0.274. The van der Waals surface area contributed by atoms with Gasteiger partial charge in [-0.05, 0) is 24.1 Å². The molecule has 2 N–H and O–H groups in total. The van der Waals surface area contributed by atoms with Crippen LogP contribution in [0.25, 0.3) is 0 Å². The van der Waals surface area contributed by atoms with Crippen molar-refractivity contribution in [1.82, 2.24) is 0 Å².